The van der Waals surface area contributed by atoms with E-state index in [1.807, 2.05) is 0 Å². The SMILES string of the molecule is CC(C)C1CCN(CC(O)CN2CCNCC2)C1. The Morgan fingerprint density at radius 1 is 1.11 bits per heavy atom. The van der Waals surface area contributed by atoms with E-state index in [1.165, 1.54) is 19.5 Å². The van der Waals surface area contributed by atoms with Gasteiger partial charge in [0.25, 0.3) is 0 Å². The van der Waals surface area contributed by atoms with Gasteiger partial charge in [-0.15, -0.1) is 0 Å². The normalized spacial score (nSPS) is 29.0. The van der Waals surface area contributed by atoms with Crippen molar-refractivity contribution < 1.29 is 5.11 Å². The molecule has 0 spiro atoms. The lowest BCUT2D eigenvalue weighted by Gasteiger charge is -2.30. The van der Waals surface area contributed by atoms with E-state index in [2.05, 4.69) is 29.0 Å². The van der Waals surface area contributed by atoms with Crippen LogP contribution in [-0.4, -0.2) is 73.4 Å². The Balaban J connectivity index is 1.66. The van der Waals surface area contributed by atoms with E-state index in [0.29, 0.717) is 0 Å². The zero-order valence-corrected chi connectivity index (χ0v) is 11.9. The Morgan fingerprint density at radius 2 is 1.78 bits per heavy atom. The van der Waals surface area contributed by atoms with Crippen molar-refractivity contribution in [1.29, 1.82) is 0 Å². The number of rotatable bonds is 5. The van der Waals surface area contributed by atoms with Crippen molar-refractivity contribution in [3.8, 4) is 0 Å². The molecule has 2 saturated heterocycles. The van der Waals surface area contributed by atoms with Crippen molar-refractivity contribution in [1.82, 2.24) is 15.1 Å². The molecule has 0 aromatic heterocycles. The molecule has 0 saturated carbocycles. The van der Waals surface area contributed by atoms with Crippen LogP contribution in [0.1, 0.15) is 20.3 Å². The van der Waals surface area contributed by atoms with Crippen molar-refractivity contribution in [3.05, 3.63) is 0 Å². The van der Waals surface area contributed by atoms with Crippen LogP contribution in [0.15, 0.2) is 0 Å². The van der Waals surface area contributed by atoms with Gasteiger partial charge in [-0.25, -0.2) is 0 Å². The zero-order valence-electron chi connectivity index (χ0n) is 11.9. The Hall–Kier alpha value is -0.160. The van der Waals surface area contributed by atoms with Crippen LogP contribution in [0.5, 0.6) is 0 Å². The number of aliphatic hydroxyl groups excluding tert-OH is 1. The molecule has 2 atom stereocenters. The van der Waals surface area contributed by atoms with Gasteiger partial charge >= 0.3 is 0 Å². The molecular formula is C14H29N3O. The first-order chi connectivity index (χ1) is 8.65. The Kier molecular flexibility index (Phi) is 5.42. The summed E-state index contributed by atoms with van der Waals surface area (Å²) in [5, 5.41) is 13.5. The highest BCUT2D eigenvalue weighted by atomic mass is 16.3. The maximum Gasteiger partial charge on any atom is 0.0793 e. The average Bonchev–Trinajstić information content (AvgIpc) is 2.78. The van der Waals surface area contributed by atoms with Crippen molar-refractivity contribution in [2.24, 2.45) is 11.8 Å². The van der Waals surface area contributed by atoms with Gasteiger partial charge in [0.2, 0.25) is 0 Å². The molecule has 4 nitrogen and oxygen atoms in total. The molecule has 18 heavy (non-hydrogen) atoms. The van der Waals surface area contributed by atoms with Gasteiger partial charge in [-0.05, 0) is 24.8 Å². The number of nitrogens with one attached hydrogen (secondary N) is 1. The minimum absolute atomic E-state index is 0.186. The fourth-order valence-corrected chi connectivity index (χ4v) is 3.12. The monoisotopic (exact) mass is 255 g/mol. The summed E-state index contributed by atoms with van der Waals surface area (Å²) in [5.41, 5.74) is 0. The number of hydrogen-bond acceptors (Lipinski definition) is 4. The summed E-state index contributed by atoms with van der Waals surface area (Å²) >= 11 is 0. The van der Waals surface area contributed by atoms with Gasteiger partial charge in [0.1, 0.15) is 0 Å². The molecule has 0 aromatic rings. The maximum atomic E-state index is 10.2. The molecule has 2 rings (SSSR count). The van der Waals surface area contributed by atoms with E-state index in [9.17, 15) is 5.11 Å². The van der Waals surface area contributed by atoms with E-state index in [-0.39, 0.29) is 6.10 Å². The van der Waals surface area contributed by atoms with Crippen molar-refractivity contribution in [3.63, 3.8) is 0 Å². The van der Waals surface area contributed by atoms with Crippen LogP contribution in [0.3, 0.4) is 0 Å². The Labute approximate surface area is 111 Å². The summed E-state index contributed by atoms with van der Waals surface area (Å²) in [7, 11) is 0. The highest BCUT2D eigenvalue weighted by Gasteiger charge is 2.26. The third kappa shape index (κ3) is 4.19. The fourth-order valence-electron chi connectivity index (χ4n) is 3.12. The molecule has 2 heterocycles. The lowest BCUT2D eigenvalue weighted by atomic mass is 9.95. The van der Waals surface area contributed by atoms with Crippen LogP contribution in [0.4, 0.5) is 0 Å². The van der Waals surface area contributed by atoms with Crippen LogP contribution in [0.25, 0.3) is 0 Å². The Morgan fingerprint density at radius 3 is 2.39 bits per heavy atom. The number of likely N-dealkylation sites (tertiary alicyclic amines) is 1. The zero-order chi connectivity index (χ0) is 13.0. The summed E-state index contributed by atoms with van der Waals surface area (Å²) in [6.07, 6.45) is 1.12. The lowest BCUT2D eigenvalue weighted by molar-refractivity contribution is 0.0748. The fraction of sp³-hybridized carbons (Fsp3) is 1.00. The first-order valence-electron chi connectivity index (χ1n) is 7.48. The molecule has 0 bridgehead atoms. The number of hydrogen-bond donors (Lipinski definition) is 2. The van der Waals surface area contributed by atoms with Crippen molar-refractivity contribution >= 4 is 0 Å². The molecule has 106 valence electrons. The van der Waals surface area contributed by atoms with E-state index in [4.69, 9.17) is 0 Å². The number of β-amino-alcohol motifs (C(OH)–C–C–N with tert-alkyl or cyclic N) is 1. The van der Waals surface area contributed by atoms with Gasteiger partial charge in [-0.3, -0.25) is 4.90 Å². The largest absolute Gasteiger partial charge is 0.390 e. The molecule has 0 aliphatic carbocycles. The van der Waals surface area contributed by atoms with Crippen LogP contribution >= 0.6 is 0 Å². The van der Waals surface area contributed by atoms with Gasteiger partial charge < -0.3 is 15.3 Å². The predicted molar refractivity (Wildman–Crippen MR) is 74.7 cm³/mol. The standard InChI is InChI=1S/C14H29N3O/c1-12(2)13-3-6-17(9-13)11-14(18)10-16-7-4-15-5-8-16/h12-15,18H,3-11H2,1-2H3. The third-order valence-corrected chi connectivity index (χ3v) is 4.40. The predicted octanol–water partition coefficient (Wildman–Crippen LogP) is 0.230. The number of nitrogens with zero attached hydrogens (tertiary/aromatic N) is 2. The molecule has 0 aromatic carbocycles. The highest BCUT2D eigenvalue weighted by Crippen LogP contribution is 2.23. The smallest absolute Gasteiger partial charge is 0.0793 e. The molecular weight excluding hydrogens is 226 g/mol. The molecule has 0 radical (unpaired) electrons. The topological polar surface area (TPSA) is 38.7 Å². The first kappa shape index (κ1) is 14.3. The lowest BCUT2D eigenvalue weighted by Crippen LogP contribution is -2.48. The molecule has 2 aliphatic heterocycles. The van der Waals surface area contributed by atoms with Crippen LogP contribution in [-0.2, 0) is 0 Å². The molecule has 4 heteroatoms. The van der Waals surface area contributed by atoms with Gasteiger partial charge in [0.05, 0.1) is 6.10 Å². The van der Waals surface area contributed by atoms with Crippen LogP contribution in [0.2, 0.25) is 0 Å². The maximum absolute atomic E-state index is 10.2. The van der Waals surface area contributed by atoms with Crippen molar-refractivity contribution in [2.45, 2.75) is 26.4 Å². The van der Waals surface area contributed by atoms with Crippen LogP contribution in [0, 0.1) is 11.8 Å². The second-order valence-electron chi connectivity index (χ2n) is 6.26. The Bertz CT molecular complexity index is 241. The molecule has 2 aliphatic rings. The van der Waals surface area contributed by atoms with E-state index in [1.54, 1.807) is 0 Å². The average molecular weight is 255 g/mol. The molecule has 2 N–H and O–H groups in total. The van der Waals surface area contributed by atoms with Gasteiger partial charge in [-0.2, -0.15) is 0 Å². The highest BCUT2D eigenvalue weighted by molar-refractivity contribution is 4.80. The second-order valence-corrected chi connectivity index (χ2v) is 6.26. The summed E-state index contributed by atoms with van der Waals surface area (Å²) in [5.74, 6) is 1.61. The minimum atomic E-state index is -0.186. The van der Waals surface area contributed by atoms with Crippen molar-refractivity contribution in [2.75, 3.05) is 52.4 Å². The first-order valence-corrected chi connectivity index (χ1v) is 7.48. The number of piperazine rings is 1. The minimum Gasteiger partial charge on any atom is -0.390 e. The summed E-state index contributed by atoms with van der Waals surface area (Å²) in [6.45, 7) is 12.9. The quantitative estimate of drug-likeness (QED) is 0.738. The molecule has 2 fully saturated rings. The molecule has 0 amide bonds. The van der Waals surface area contributed by atoms with Crippen LogP contribution < -0.4 is 5.32 Å². The van der Waals surface area contributed by atoms with Gasteiger partial charge in [0, 0.05) is 45.8 Å². The van der Waals surface area contributed by atoms with Gasteiger partial charge in [0.15, 0.2) is 0 Å². The summed E-state index contributed by atoms with van der Waals surface area (Å²) in [4.78, 5) is 4.81. The van der Waals surface area contributed by atoms with Gasteiger partial charge in [-0.1, -0.05) is 13.8 Å². The second kappa shape index (κ2) is 6.85. The third-order valence-electron chi connectivity index (χ3n) is 4.40. The summed E-state index contributed by atoms with van der Waals surface area (Å²) in [6, 6.07) is 0. The van der Waals surface area contributed by atoms with E-state index in [0.717, 1.165) is 51.1 Å². The summed E-state index contributed by atoms with van der Waals surface area (Å²) < 4.78 is 0. The van der Waals surface area contributed by atoms with E-state index < -0.39 is 0 Å². The number of aliphatic hydroxyl groups is 1. The molecule has 2 unspecified atom stereocenters. The van der Waals surface area contributed by atoms with E-state index >= 15 is 0 Å².